The lowest BCUT2D eigenvalue weighted by molar-refractivity contribution is -0.273. The Morgan fingerprint density at radius 1 is 1.29 bits per heavy atom. The first-order valence-electron chi connectivity index (χ1n) is 4.68. The Morgan fingerprint density at radius 3 is 2.57 bits per heavy atom. The first-order valence-corrected chi connectivity index (χ1v) is 4.68. The van der Waals surface area contributed by atoms with Crippen LogP contribution < -0.4 is 11.5 Å². The number of nitrogen functional groups attached to an aromatic ring is 2. The molecule has 1 aliphatic rings. The van der Waals surface area contributed by atoms with Crippen LogP contribution in [0.1, 0.15) is 12.0 Å². The molecular formula is C10H14N2O2. The molecule has 1 atom stereocenters. The molecule has 2 rings (SSSR count). The Kier molecular flexibility index (Phi) is 2.56. The molecule has 1 saturated heterocycles. The zero-order valence-corrected chi connectivity index (χ0v) is 7.90. The Balaban J connectivity index is 2.14. The molecule has 4 N–H and O–H groups in total. The van der Waals surface area contributed by atoms with Crippen molar-refractivity contribution >= 4 is 11.4 Å². The smallest absolute Gasteiger partial charge is 0.0994 e. The molecule has 0 saturated carbocycles. The molecule has 1 aromatic carbocycles. The number of rotatable bonds is 2. The summed E-state index contributed by atoms with van der Waals surface area (Å²) in [5, 5.41) is 0. The van der Waals surface area contributed by atoms with E-state index < -0.39 is 0 Å². The van der Waals surface area contributed by atoms with Gasteiger partial charge in [-0.25, -0.2) is 9.78 Å². The van der Waals surface area contributed by atoms with Crippen LogP contribution in [-0.2, 0) is 16.2 Å². The standard InChI is InChI=1S/C10H14N2O2/c11-9-2-1-3-10(12)8(9)6-7-4-5-13-14-7/h1-3,7H,4-6,11-12H2. The van der Waals surface area contributed by atoms with Gasteiger partial charge in [0.1, 0.15) is 0 Å². The van der Waals surface area contributed by atoms with Crippen molar-refractivity contribution in [3.05, 3.63) is 23.8 Å². The van der Waals surface area contributed by atoms with E-state index in [1.807, 2.05) is 18.2 Å². The van der Waals surface area contributed by atoms with E-state index in [2.05, 4.69) is 0 Å². The first-order chi connectivity index (χ1) is 6.77. The molecule has 4 nitrogen and oxygen atoms in total. The predicted octanol–water partition coefficient (Wildman–Crippen LogP) is 1.11. The maximum absolute atomic E-state index is 5.82. The van der Waals surface area contributed by atoms with Gasteiger partial charge in [-0.2, -0.15) is 0 Å². The number of hydrogen-bond donors (Lipinski definition) is 2. The average molecular weight is 194 g/mol. The first kappa shape index (κ1) is 9.30. The van der Waals surface area contributed by atoms with Crippen LogP contribution in [0.2, 0.25) is 0 Å². The van der Waals surface area contributed by atoms with E-state index in [1.54, 1.807) is 0 Å². The molecule has 1 fully saturated rings. The minimum atomic E-state index is 0.0852. The highest BCUT2D eigenvalue weighted by molar-refractivity contribution is 5.61. The normalized spacial score (nSPS) is 21.3. The molecule has 1 aliphatic heterocycles. The largest absolute Gasteiger partial charge is 0.398 e. The quantitative estimate of drug-likeness (QED) is 0.546. The molecule has 0 aliphatic carbocycles. The zero-order chi connectivity index (χ0) is 9.97. The molecule has 0 radical (unpaired) electrons. The van der Waals surface area contributed by atoms with E-state index in [0.29, 0.717) is 6.61 Å². The maximum atomic E-state index is 5.82. The van der Waals surface area contributed by atoms with Gasteiger partial charge in [0.25, 0.3) is 0 Å². The molecule has 0 aromatic heterocycles. The number of nitrogens with two attached hydrogens (primary N) is 2. The molecular weight excluding hydrogens is 180 g/mol. The SMILES string of the molecule is Nc1cccc(N)c1CC1CCOO1. The Labute approximate surface area is 82.7 Å². The summed E-state index contributed by atoms with van der Waals surface area (Å²) in [5.41, 5.74) is 14.1. The van der Waals surface area contributed by atoms with Gasteiger partial charge < -0.3 is 11.5 Å². The van der Waals surface area contributed by atoms with E-state index >= 15 is 0 Å². The van der Waals surface area contributed by atoms with Gasteiger partial charge in [-0.15, -0.1) is 0 Å². The van der Waals surface area contributed by atoms with Gasteiger partial charge in [-0.3, -0.25) is 0 Å². The molecule has 4 heteroatoms. The van der Waals surface area contributed by atoms with E-state index in [4.69, 9.17) is 21.2 Å². The molecule has 1 aromatic rings. The molecule has 76 valence electrons. The molecule has 0 amide bonds. The molecule has 0 spiro atoms. The van der Waals surface area contributed by atoms with E-state index in [9.17, 15) is 0 Å². The minimum Gasteiger partial charge on any atom is -0.398 e. The van der Waals surface area contributed by atoms with Crippen molar-refractivity contribution in [2.24, 2.45) is 0 Å². The summed E-state index contributed by atoms with van der Waals surface area (Å²) in [6.45, 7) is 0.650. The minimum absolute atomic E-state index is 0.0852. The summed E-state index contributed by atoms with van der Waals surface area (Å²) in [6, 6.07) is 5.54. The fourth-order valence-electron chi connectivity index (χ4n) is 1.59. The van der Waals surface area contributed by atoms with Crippen molar-refractivity contribution in [2.75, 3.05) is 18.1 Å². The fourth-order valence-corrected chi connectivity index (χ4v) is 1.59. The van der Waals surface area contributed by atoms with Gasteiger partial charge in [0, 0.05) is 29.8 Å². The number of hydrogen-bond acceptors (Lipinski definition) is 4. The third-order valence-corrected chi connectivity index (χ3v) is 2.41. The number of anilines is 2. The lowest BCUT2D eigenvalue weighted by atomic mass is 10.0. The topological polar surface area (TPSA) is 70.5 Å². The second kappa shape index (κ2) is 3.86. The van der Waals surface area contributed by atoms with E-state index in [-0.39, 0.29) is 6.10 Å². The van der Waals surface area contributed by atoms with Crippen LogP contribution in [0.3, 0.4) is 0 Å². The summed E-state index contributed by atoms with van der Waals surface area (Å²) < 4.78 is 0. The Bertz CT molecular complexity index is 302. The van der Waals surface area contributed by atoms with Crippen molar-refractivity contribution in [1.29, 1.82) is 0 Å². The van der Waals surface area contributed by atoms with Gasteiger partial charge in [0.2, 0.25) is 0 Å². The van der Waals surface area contributed by atoms with Crippen LogP contribution in [-0.4, -0.2) is 12.7 Å². The van der Waals surface area contributed by atoms with Gasteiger partial charge in [-0.1, -0.05) is 6.07 Å². The average Bonchev–Trinajstić information content (AvgIpc) is 2.64. The highest BCUT2D eigenvalue weighted by Crippen LogP contribution is 2.24. The third kappa shape index (κ3) is 1.81. The number of benzene rings is 1. The highest BCUT2D eigenvalue weighted by Gasteiger charge is 2.19. The van der Waals surface area contributed by atoms with Crippen molar-refractivity contribution in [3.63, 3.8) is 0 Å². The monoisotopic (exact) mass is 194 g/mol. The van der Waals surface area contributed by atoms with Crippen LogP contribution in [0.5, 0.6) is 0 Å². The van der Waals surface area contributed by atoms with Crippen molar-refractivity contribution < 1.29 is 9.78 Å². The molecule has 1 unspecified atom stereocenters. The van der Waals surface area contributed by atoms with Crippen LogP contribution >= 0.6 is 0 Å². The lowest BCUT2D eigenvalue weighted by Crippen LogP contribution is -2.12. The molecule has 14 heavy (non-hydrogen) atoms. The van der Waals surface area contributed by atoms with E-state index in [0.717, 1.165) is 29.8 Å². The fraction of sp³-hybridized carbons (Fsp3) is 0.400. The second-order valence-electron chi connectivity index (χ2n) is 3.45. The van der Waals surface area contributed by atoms with Crippen molar-refractivity contribution in [2.45, 2.75) is 18.9 Å². The Hall–Kier alpha value is -1.26. The highest BCUT2D eigenvalue weighted by atomic mass is 17.2. The summed E-state index contributed by atoms with van der Waals surface area (Å²) in [7, 11) is 0. The van der Waals surface area contributed by atoms with Gasteiger partial charge in [0.15, 0.2) is 0 Å². The van der Waals surface area contributed by atoms with Crippen LogP contribution in [0.25, 0.3) is 0 Å². The van der Waals surface area contributed by atoms with Gasteiger partial charge >= 0.3 is 0 Å². The van der Waals surface area contributed by atoms with Crippen LogP contribution in [0.15, 0.2) is 18.2 Å². The van der Waals surface area contributed by atoms with Crippen molar-refractivity contribution in [3.8, 4) is 0 Å². The van der Waals surface area contributed by atoms with Crippen molar-refractivity contribution in [1.82, 2.24) is 0 Å². The second-order valence-corrected chi connectivity index (χ2v) is 3.45. The summed E-state index contributed by atoms with van der Waals surface area (Å²) in [5.74, 6) is 0. The summed E-state index contributed by atoms with van der Waals surface area (Å²) in [6.07, 6.45) is 1.70. The maximum Gasteiger partial charge on any atom is 0.0994 e. The molecule has 0 bridgehead atoms. The van der Waals surface area contributed by atoms with E-state index in [1.165, 1.54) is 0 Å². The third-order valence-electron chi connectivity index (χ3n) is 2.41. The summed E-state index contributed by atoms with van der Waals surface area (Å²) >= 11 is 0. The Morgan fingerprint density at radius 2 is 2.00 bits per heavy atom. The zero-order valence-electron chi connectivity index (χ0n) is 7.90. The lowest BCUT2D eigenvalue weighted by Gasteiger charge is -2.11. The van der Waals surface area contributed by atoms with Gasteiger partial charge in [-0.05, 0) is 12.1 Å². The van der Waals surface area contributed by atoms with Crippen LogP contribution in [0, 0.1) is 0 Å². The van der Waals surface area contributed by atoms with Crippen LogP contribution in [0.4, 0.5) is 11.4 Å². The van der Waals surface area contributed by atoms with Gasteiger partial charge in [0.05, 0.1) is 12.7 Å². The predicted molar refractivity (Wildman–Crippen MR) is 54.4 cm³/mol. The molecule has 1 heterocycles. The summed E-state index contributed by atoms with van der Waals surface area (Å²) in [4.78, 5) is 9.88.